The lowest BCUT2D eigenvalue weighted by atomic mass is 9.88. The van der Waals surface area contributed by atoms with Gasteiger partial charge in [-0.15, -0.1) is 5.10 Å². The van der Waals surface area contributed by atoms with Crippen LogP contribution >= 0.6 is 0 Å². The Bertz CT molecular complexity index is 436. The normalized spacial score (nSPS) is 24.8. The standard InChI is InChI=1S/C12H18N4O2/c1-8-4-2-3-5-10(8)18-12-9(11(13)16-17)6-7-14-15-12/h6-8,10,17H,2-5H2,1H3,(H2,13,16). The number of nitrogens with zero attached hydrogens (tertiary/aromatic N) is 3. The highest BCUT2D eigenvalue weighted by Crippen LogP contribution is 2.28. The number of oxime groups is 1. The fourth-order valence-corrected chi connectivity index (χ4v) is 2.26. The van der Waals surface area contributed by atoms with Crippen molar-refractivity contribution < 1.29 is 9.94 Å². The summed E-state index contributed by atoms with van der Waals surface area (Å²) in [5, 5.41) is 19.4. The van der Waals surface area contributed by atoms with Crippen LogP contribution in [-0.2, 0) is 0 Å². The number of hydrogen-bond acceptors (Lipinski definition) is 5. The van der Waals surface area contributed by atoms with Crippen LogP contribution in [0.3, 0.4) is 0 Å². The van der Waals surface area contributed by atoms with Gasteiger partial charge in [-0.25, -0.2) is 0 Å². The fourth-order valence-electron chi connectivity index (χ4n) is 2.26. The summed E-state index contributed by atoms with van der Waals surface area (Å²) >= 11 is 0. The second-order valence-corrected chi connectivity index (χ2v) is 4.65. The van der Waals surface area contributed by atoms with Crippen molar-refractivity contribution in [2.45, 2.75) is 38.7 Å². The predicted molar refractivity (Wildman–Crippen MR) is 66.6 cm³/mol. The summed E-state index contributed by atoms with van der Waals surface area (Å²) < 4.78 is 5.88. The molecule has 6 nitrogen and oxygen atoms in total. The molecule has 1 aliphatic rings. The molecular formula is C12H18N4O2. The van der Waals surface area contributed by atoms with Crippen molar-refractivity contribution in [3.63, 3.8) is 0 Å². The van der Waals surface area contributed by atoms with Crippen LogP contribution in [0.15, 0.2) is 17.4 Å². The molecule has 1 aromatic rings. The average molecular weight is 250 g/mol. The van der Waals surface area contributed by atoms with Crippen LogP contribution in [0.25, 0.3) is 0 Å². The average Bonchev–Trinajstić information content (AvgIpc) is 2.41. The first-order valence-corrected chi connectivity index (χ1v) is 6.18. The molecule has 2 unspecified atom stereocenters. The minimum absolute atomic E-state index is 0.0108. The quantitative estimate of drug-likeness (QED) is 0.367. The molecule has 2 rings (SSSR count). The van der Waals surface area contributed by atoms with Crippen LogP contribution in [0.5, 0.6) is 5.88 Å². The molecule has 18 heavy (non-hydrogen) atoms. The molecule has 1 aromatic heterocycles. The molecule has 0 amide bonds. The van der Waals surface area contributed by atoms with Crippen molar-refractivity contribution in [1.82, 2.24) is 10.2 Å². The summed E-state index contributed by atoms with van der Waals surface area (Å²) in [6.07, 6.45) is 6.19. The Labute approximate surface area is 106 Å². The summed E-state index contributed by atoms with van der Waals surface area (Å²) in [7, 11) is 0. The van der Waals surface area contributed by atoms with Crippen LogP contribution in [0.1, 0.15) is 38.2 Å². The highest BCUT2D eigenvalue weighted by atomic mass is 16.5. The van der Waals surface area contributed by atoms with Crippen molar-refractivity contribution in [2.75, 3.05) is 0 Å². The Morgan fingerprint density at radius 1 is 1.50 bits per heavy atom. The van der Waals surface area contributed by atoms with Gasteiger partial charge in [0.2, 0.25) is 5.88 Å². The van der Waals surface area contributed by atoms with E-state index < -0.39 is 0 Å². The molecule has 0 aromatic carbocycles. The number of hydrogen-bond donors (Lipinski definition) is 2. The zero-order valence-electron chi connectivity index (χ0n) is 10.4. The summed E-state index contributed by atoms with van der Waals surface area (Å²) in [6.45, 7) is 2.17. The number of aromatic nitrogens is 2. The predicted octanol–water partition coefficient (Wildman–Crippen LogP) is 1.53. The highest BCUT2D eigenvalue weighted by Gasteiger charge is 2.24. The van der Waals surface area contributed by atoms with Gasteiger partial charge in [0.1, 0.15) is 6.10 Å². The lowest BCUT2D eigenvalue weighted by Crippen LogP contribution is -2.30. The number of ether oxygens (including phenoxy) is 1. The van der Waals surface area contributed by atoms with E-state index in [1.807, 2.05) is 0 Å². The molecule has 1 saturated carbocycles. The van der Waals surface area contributed by atoms with Gasteiger partial charge in [-0.05, 0) is 31.2 Å². The molecule has 0 spiro atoms. The monoisotopic (exact) mass is 250 g/mol. The molecule has 2 atom stereocenters. The molecular weight excluding hydrogens is 232 g/mol. The minimum Gasteiger partial charge on any atom is -0.472 e. The van der Waals surface area contributed by atoms with Gasteiger partial charge in [0, 0.05) is 0 Å². The van der Waals surface area contributed by atoms with Crippen molar-refractivity contribution in [2.24, 2.45) is 16.8 Å². The third-order valence-corrected chi connectivity index (χ3v) is 3.37. The van der Waals surface area contributed by atoms with E-state index in [0.717, 1.165) is 19.3 Å². The summed E-state index contributed by atoms with van der Waals surface area (Å²) in [5.41, 5.74) is 6.06. The van der Waals surface area contributed by atoms with E-state index in [4.69, 9.17) is 15.7 Å². The smallest absolute Gasteiger partial charge is 0.244 e. The van der Waals surface area contributed by atoms with E-state index in [1.165, 1.54) is 12.6 Å². The summed E-state index contributed by atoms with van der Waals surface area (Å²) in [5.74, 6) is 0.816. The van der Waals surface area contributed by atoms with Gasteiger partial charge in [0.25, 0.3) is 0 Å². The van der Waals surface area contributed by atoms with Crippen LogP contribution in [0, 0.1) is 5.92 Å². The molecule has 0 radical (unpaired) electrons. The number of rotatable bonds is 3. The first-order valence-electron chi connectivity index (χ1n) is 6.18. The maximum absolute atomic E-state index is 8.73. The van der Waals surface area contributed by atoms with E-state index in [-0.39, 0.29) is 11.9 Å². The summed E-state index contributed by atoms with van der Waals surface area (Å²) in [4.78, 5) is 0. The topological polar surface area (TPSA) is 93.6 Å². The lowest BCUT2D eigenvalue weighted by Gasteiger charge is -2.29. The van der Waals surface area contributed by atoms with Gasteiger partial charge in [0.15, 0.2) is 5.84 Å². The van der Waals surface area contributed by atoms with Gasteiger partial charge in [0.05, 0.1) is 11.8 Å². The fraction of sp³-hybridized carbons (Fsp3) is 0.583. The Morgan fingerprint density at radius 3 is 3.00 bits per heavy atom. The maximum Gasteiger partial charge on any atom is 0.244 e. The van der Waals surface area contributed by atoms with Crippen molar-refractivity contribution in [3.05, 3.63) is 17.8 Å². The van der Waals surface area contributed by atoms with Gasteiger partial charge >= 0.3 is 0 Å². The molecule has 1 aliphatic carbocycles. The third kappa shape index (κ3) is 2.69. The van der Waals surface area contributed by atoms with Crippen LogP contribution in [-0.4, -0.2) is 27.3 Å². The van der Waals surface area contributed by atoms with Crippen LogP contribution in [0.2, 0.25) is 0 Å². The van der Waals surface area contributed by atoms with Crippen molar-refractivity contribution in [3.8, 4) is 5.88 Å². The third-order valence-electron chi connectivity index (χ3n) is 3.37. The Hall–Kier alpha value is -1.85. The molecule has 3 N–H and O–H groups in total. The number of nitrogens with two attached hydrogens (primary N) is 1. The van der Waals surface area contributed by atoms with E-state index >= 15 is 0 Å². The molecule has 6 heteroatoms. The highest BCUT2D eigenvalue weighted by molar-refractivity contribution is 5.98. The first-order chi connectivity index (χ1) is 8.72. The second-order valence-electron chi connectivity index (χ2n) is 4.65. The first kappa shape index (κ1) is 12.6. The van der Waals surface area contributed by atoms with E-state index in [0.29, 0.717) is 17.4 Å². The Balaban J connectivity index is 2.18. The van der Waals surface area contributed by atoms with Crippen LogP contribution < -0.4 is 10.5 Å². The second kappa shape index (κ2) is 5.66. The Kier molecular flexibility index (Phi) is 3.96. The van der Waals surface area contributed by atoms with E-state index in [9.17, 15) is 0 Å². The van der Waals surface area contributed by atoms with E-state index in [1.54, 1.807) is 6.07 Å². The minimum atomic E-state index is -0.0108. The molecule has 1 fully saturated rings. The van der Waals surface area contributed by atoms with E-state index in [2.05, 4.69) is 22.3 Å². The number of amidine groups is 1. The van der Waals surface area contributed by atoms with Crippen molar-refractivity contribution >= 4 is 5.84 Å². The van der Waals surface area contributed by atoms with Gasteiger partial charge in [-0.1, -0.05) is 18.5 Å². The lowest BCUT2D eigenvalue weighted by molar-refractivity contribution is 0.0962. The maximum atomic E-state index is 8.73. The Morgan fingerprint density at radius 2 is 2.28 bits per heavy atom. The molecule has 1 heterocycles. The van der Waals surface area contributed by atoms with Gasteiger partial charge in [-0.3, -0.25) is 0 Å². The molecule has 0 saturated heterocycles. The SMILES string of the molecule is CC1CCCCC1Oc1nnccc1/C(N)=N/O. The van der Waals surface area contributed by atoms with Crippen molar-refractivity contribution in [1.29, 1.82) is 0 Å². The van der Waals surface area contributed by atoms with Gasteiger partial charge in [-0.2, -0.15) is 5.10 Å². The zero-order valence-corrected chi connectivity index (χ0v) is 10.4. The van der Waals surface area contributed by atoms with Gasteiger partial charge < -0.3 is 15.7 Å². The zero-order chi connectivity index (χ0) is 13.0. The molecule has 0 bridgehead atoms. The summed E-state index contributed by atoms with van der Waals surface area (Å²) in [6, 6.07) is 1.63. The van der Waals surface area contributed by atoms with Crippen LogP contribution in [0.4, 0.5) is 0 Å². The molecule has 0 aliphatic heterocycles. The largest absolute Gasteiger partial charge is 0.472 e. The molecule has 98 valence electrons.